The van der Waals surface area contributed by atoms with Gasteiger partial charge in [-0.25, -0.2) is 9.59 Å². The van der Waals surface area contributed by atoms with Gasteiger partial charge in [-0.15, -0.1) is 4.39 Å². The van der Waals surface area contributed by atoms with Crippen molar-refractivity contribution in [3.63, 3.8) is 0 Å². The van der Waals surface area contributed by atoms with Crippen LogP contribution in [0.15, 0.2) is 18.3 Å². The monoisotopic (exact) mass is 447 g/mol. The molecule has 174 valence electrons. The van der Waals surface area contributed by atoms with Gasteiger partial charge in [-0.1, -0.05) is 0 Å². The summed E-state index contributed by atoms with van der Waals surface area (Å²) in [5.74, 6) is -0.380. The van der Waals surface area contributed by atoms with E-state index in [0.717, 1.165) is 41.9 Å². The third-order valence-corrected chi connectivity index (χ3v) is 5.26. The predicted molar refractivity (Wildman–Crippen MR) is 116 cm³/mol. The Morgan fingerprint density at radius 3 is 2.25 bits per heavy atom. The molecule has 2 amide bonds. The standard InChI is InChI=1S/C23H31FN4O4/c1-14(2)25-22(29)31-12-17-18(13-32-23(30)26-15(3)4)21(28-9-6-7-19(17)28)16-8-10-27(5)20(24)11-16/h8,10-11,14-15H,6-7,9,12-13H2,1-5H3,(H-,25,26,29,30)/p+1. The molecule has 0 spiro atoms. The van der Waals surface area contributed by atoms with Crippen molar-refractivity contribution >= 4 is 12.2 Å². The molecule has 0 saturated heterocycles. The van der Waals surface area contributed by atoms with Crippen molar-refractivity contribution in [1.82, 2.24) is 15.2 Å². The van der Waals surface area contributed by atoms with Gasteiger partial charge in [-0.3, -0.25) is 0 Å². The predicted octanol–water partition coefficient (Wildman–Crippen LogP) is 3.33. The van der Waals surface area contributed by atoms with Crippen LogP contribution in [0.2, 0.25) is 0 Å². The van der Waals surface area contributed by atoms with Crippen LogP contribution >= 0.6 is 0 Å². The Bertz CT molecular complexity index is 1000. The third-order valence-electron chi connectivity index (χ3n) is 5.26. The number of nitrogens with zero attached hydrogens (tertiary/aromatic N) is 2. The first kappa shape index (κ1) is 23.6. The number of aryl methyl sites for hydroxylation is 1. The molecule has 32 heavy (non-hydrogen) atoms. The van der Waals surface area contributed by atoms with Gasteiger partial charge in [-0.2, -0.15) is 4.57 Å². The van der Waals surface area contributed by atoms with Crippen LogP contribution in [0.4, 0.5) is 14.0 Å². The summed E-state index contributed by atoms with van der Waals surface area (Å²) >= 11 is 0. The van der Waals surface area contributed by atoms with E-state index in [0.29, 0.717) is 5.56 Å². The Kier molecular flexibility index (Phi) is 7.37. The summed E-state index contributed by atoms with van der Waals surface area (Å²) in [5.41, 5.74) is 4.03. The number of carbonyl (C=O) groups excluding carboxylic acids is 2. The van der Waals surface area contributed by atoms with Gasteiger partial charge in [0.15, 0.2) is 6.20 Å². The number of nitrogens with one attached hydrogen (secondary N) is 2. The molecule has 2 N–H and O–H groups in total. The highest BCUT2D eigenvalue weighted by atomic mass is 19.1. The van der Waals surface area contributed by atoms with Gasteiger partial charge in [0.25, 0.3) is 0 Å². The molecular weight excluding hydrogens is 415 g/mol. The van der Waals surface area contributed by atoms with Gasteiger partial charge in [0.2, 0.25) is 0 Å². The third kappa shape index (κ3) is 5.38. The summed E-state index contributed by atoms with van der Waals surface area (Å²) in [4.78, 5) is 24.2. The number of carbonyl (C=O) groups is 2. The van der Waals surface area contributed by atoms with Crippen molar-refractivity contribution in [2.24, 2.45) is 7.05 Å². The molecule has 9 heteroatoms. The fourth-order valence-electron chi connectivity index (χ4n) is 3.89. The minimum absolute atomic E-state index is 0.0129. The van der Waals surface area contributed by atoms with Gasteiger partial charge in [0, 0.05) is 47.1 Å². The van der Waals surface area contributed by atoms with Crippen LogP contribution in [-0.2, 0) is 42.7 Å². The molecule has 1 aliphatic heterocycles. The van der Waals surface area contributed by atoms with E-state index in [-0.39, 0.29) is 31.2 Å². The minimum Gasteiger partial charge on any atom is -0.445 e. The van der Waals surface area contributed by atoms with Gasteiger partial charge >= 0.3 is 18.1 Å². The van der Waals surface area contributed by atoms with Crippen LogP contribution < -0.4 is 15.2 Å². The molecular formula is C23H32FN4O4+. The molecule has 3 heterocycles. The number of hydrogen-bond acceptors (Lipinski definition) is 4. The maximum atomic E-state index is 14.4. The SMILES string of the molecule is CC(C)NC(=O)OCc1c(COC(=O)NC(C)C)c(-c2cc[n+](C)c(F)c2)n2c1CCC2. The number of hydrogen-bond donors (Lipinski definition) is 2. The van der Waals surface area contributed by atoms with E-state index in [1.54, 1.807) is 13.2 Å². The Balaban J connectivity index is 1.99. The molecule has 0 aromatic carbocycles. The molecule has 0 aliphatic carbocycles. The lowest BCUT2D eigenvalue weighted by Crippen LogP contribution is -2.32. The van der Waals surface area contributed by atoms with Crippen molar-refractivity contribution in [3.8, 4) is 11.3 Å². The average molecular weight is 448 g/mol. The number of aromatic nitrogens is 2. The topological polar surface area (TPSA) is 85.5 Å². The zero-order chi connectivity index (χ0) is 23.4. The van der Waals surface area contributed by atoms with Gasteiger partial charge in [0.05, 0.1) is 11.8 Å². The Morgan fingerprint density at radius 1 is 1.09 bits per heavy atom. The normalized spacial score (nSPS) is 12.8. The van der Waals surface area contributed by atoms with Gasteiger partial charge in [-0.05, 0) is 40.5 Å². The van der Waals surface area contributed by atoms with Crippen molar-refractivity contribution in [3.05, 3.63) is 41.1 Å². The molecule has 0 fully saturated rings. The van der Waals surface area contributed by atoms with E-state index in [4.69, 9.17) is 9.47 Å². The number of halogens is 1. The van der Waals surface area contributed by atoms with E-state index in [9.17, 15) is 14.0 Å². The second kappa shape index (κ2) is 10.0. The highest BCUT2D eigenvalue weighted by Gasteiger charge is 2.29. The summed E-state index contributed by atoms with van der Waals surface area (Å²) in [5, 5.41) is 5.41. The second-order valence-electron chi connectivity index (χ2n) is 8.61. The van der Waals surface area contributed by atoms with Crippen LogP contribution in [0.1, 0.15) is 50.9 Å². The van der Waals surface area contributed by atoms with E-state index in [1.165, 1.54) is 10.6 Å². The average Bonchev–Trinajstić information content (AvgIpc) is 3.26. The molecule has 0 saturated carbocycles. The van der Waals surface area contributed by atoms with Crippen LogP contribution in [0, 0.1) is 5.95 Å². The zero-order valence-electron chi connectivity index (χ0n) is 19.3. The lowest BCUT2D eigenvalue weighted by molar-refractivity contribution is -0.700. The quantitative estimate of drug-likeness (QED) is 0.504. The lowest BCUT2D eigenvalue weighted by Gasteiger charge is -2.14. The summed E-state index contributed by atoms with van der Waals surface area (Å²) in [6.45, 7) is 8.19. The first-order valence-electron chi connectivity index (χ1n) is 10.9. The maximum absolute atomic E-state index is 14.4. The smallest absolute Gasteiger partial charge is 0.407 e. The summed E-state index contributed by atoms with van der Waals surface area (Å²) in [7, 11) is 1.63. The largest absolute Gasteiger partial charge is 0.445 e. The van der Waals surface area contributed by atoms with E-state index >= 15 is 0 Å². The maximum Gasteiger partial charge on any atom is 0.407 e. The van der Waals surface area contributed by atoms with Crippen LogP contribution in [-0.4, -0.2) is 28.8 Å². The lowest BCUT2D eigenvalue weighted by atomic mass is 10.0. The van der Waals surface area contributed by atoms with Gasteiger partial charge in [0.1, 0.15) is 20.3 Å². The van der Waals surface area contributed by atoms with E-state index < -0.39 is 12.2 Å². The molecule has 2 aromatic rings. The van der Waals surface area contributed by atoms with Gasteiger partial charge < -0.3 is 24.7 Å². The Morgan fingerprint density at radius 2 is 1.69 bits per heavy atom. The molecule has 1 aliphatic rings. The first-order chi connectivity index (χ1) is 15.2. The number of ether oxygens (including phenoxy) is 2. The second-order valence-corrected chi connectivity index (χ2v) is 8.61. The summed E-state index contributed by atoms with van der Waals surface area (Å²) < 4.78 is 28.8. The van der Waals surface area contributed by atoms with Crippen molar-refractivity contribution < 1.29 is 28.0 Å². The Hall–Kier alpha value is -3.10. The fourth-order valence-corrected chi connectivity index (χ4v) is 3.89. The van der Waals surface area contributed by atoms with Crippen LogP contribution in [0.5, 0.6) is 0 Å². The minimum atomic E-state index is -0.535. The molecule has 0 atom stereocenters. The fraction of sp³-hybridized carbons (Fsp3) is 0.522. The summed E-state index contributed by atoms with van der Waals surface area (Å²) in [6, 6.07) is 3.19. The molecule has 0 bridgehead atoms. The van der Waals surface area contributed by atoms with Crippen molar-refractivity contribution in [2.75, 3.05) is 0 Å². The first-order valence-corrected chi connectivity index (χ1v) is 10.9. The van der Waals surface area contributed by atoms with Crippen molar-refractivity contribution in [2.45, 2.75) is 72.4 Å². The van der Waals surface area contributed by atoms with Crippen LogP contribution in [0.25, 0.3) is 11.3 Å². The zero-order valence-corrected chi connectivity index (χ0v) is 19.3. The molecule has 2 aromatic heterocycles. The highest BCUT2D eigenvalue weighted by Crippen LogP contribution is 2.37. The summed E-state index contributed by atoms with van der Waals surface area (Å²) in [6.07, 6.45) is 2.35. The number of rotatable bonds is 7. The molecule has 0 radical (unpaired) electrons. The van der Waals surface area contributed by atoms with E-state index in [2.05, 4.69) is 15.2 Å². The number of fused-ring (bicyclic) bond motifs is 1. The number of amides is 2. The number of pyridine rings is 1. The molecule has 8 nitrogen and oxygen atoms in total. The van der Waals surface area contributed by atoms with Crippen molar-refractivity contribution in [1.29, 1.82) is 0 Å². The molecule has 3 rings (SSSR count). The highest BCUT2D eigenvalue weighted by molar-refractivity contribution is 5.71. The van der Waals surface area contributed by atoms with E-state index in [1.807, 2.05) is 33.8 Å². The Labute approximate surface area is 187 Å². The molecule has 0 unspecified atom stereocenters. The number of alkyl carbamates (subject to hydrolysis) is 2. The van der Waals surface area contributed by atoms with Crippen LogP contribution in [0.3, 0.4) is 0 Å².